The Morgan fingerprint density at radius 2 is 2.10 bits per heavy atom. The van der Waals surface area contributed by atoms with Crippen LogP contribution >= 0.6 is 0 Å². The molecule has 2 unspecified atom stereocenters. The van der Waals surface area contributed by atoms with Crippen LogP contribution in [0.3, 0.4) is 0 Å². The van der Waals surface area contributed by atoms with Gasteiger partial charge in [0, 0.05) is 11.8 Å². The van der Waals surface area contributed by atoms with Crippen molar-refractivity contribution in [3.8, 4) is 11.8 Å². The molecule has 0 heterocycles. The van der Waals surface area contributed by atoms with E-state index in [-0.39, 0.29) is 0 Å². The van der Waals surface area contributed by atoms with E-state index in [0.29, 0.717) is 11.3 Å². The zero-order valence-electron chi connectivity index (χ0n) is 12.9. The third-order valence-electron chi connectivity index (χ3n) is 4.53. The Kier molecular flexibility index (Phi) is 3.94. The van der Waals surface area contributed by atoms with Crippen molar-refractivity contribution in [2.75, 3.05) is 12.4 Å². The van der Waals surface area contributed by atoms with Gasteiger partial charge in [-0.15, -0.1) is 0 Å². The molecule has 0 aromatic heterocycles. The van der Waals surface area contributed by atoms with Crippen LogP contribution in [-0.4, -0.2) is 12.6 Å². The molecular formula is C17H24N2O. The molecule has 2 atom stereocenters. The number of rotatable bonds is 3. The molecule has 1 N–H and O–H groups in total. The summed E-state index contributed by atoms with van der Waals surface area (Å²) in [5.41, 5.74) is 0.815. The highest BCUT2D eigenvalue weighted by atomic mass is 16.5. The Labute approximate surface area is 121 Å². The molecule has 108 valence electrons. The maximum absolute atomic E-state index is 9.73. The lowest BCUT2D eigenvalue weighted by Crippen LogP contribution is -2.48. The minimum atomic E-state index is -0.470. The molecule has 0 saturated heterocycles. The maximum Gasteiger partial charge on any atom is 0.128 e. The van der Waals surface area contributed by atoms with Crippen molar-refractivity contribution in [2.24, 2.45) is 11.3 Å². The molecule has 0 bridgehead atoms. The summed E-state index contributed by atoms with van der Waals surface area (Å²) in [6, 6.07) is 10.3. The minimum absolute atomic E-state index is 0.322. The normalized spacial score (nSPS) is 28.4. The van der Waals surface area contributed by atoms with Crippen LogP contribution in [0.1, 0.15) is 40.0 Å². The van der Waals surface area contributed by atoms with Crippen LogP contribution in [0.5, 0.6) is 5.75 Å². The molecule has 1 aromatic rings. The molecule has 0 aliphatic heterocycles. The fourth-order valence-corrected chi connectivity index (χ4v) is 3.23. The van der Waals surface area contributed by atoms with Crippen molar-refractivity contribution in [2.45, 2.75) is 45.6 Å². The van der Waals surface area contributed by atoms with Crippen LogP contribution in [0.25, 0.3) is 0 Å². The molecule has 1 aromatic carbocycles. The number of ether oxygens (including phenoxy) is 1. The SMILES string of the molecule is COc1cccc(NC2(C#N)CCC(C)(C)CC2C)c1. The Hall–Kier alpha value is -1.69. The Bertz CT molecular complexity index is 518. The minimum Gasteiger partial charge on any atom is -0.497 e. The molecule has 3 heteroatoms. The number of nitriles is 1. The second-order valence-corrected chi connectivity index (χ2v) is 6.71. The smallest absolute Gasteiger partial charge is 0.128 e. The van der Waals surface area contributed by atoms with E-state index in [0.717, 1.165) is 30.7 Å². The molecule has 20 heavy (non-hydrogen) atoms. The van der Waals surface area contributed by atoms with Crippen molar-refractivity contribution in [3.63, 3.8) is 0 Å². The first-order chi connectivity index (χ1) is 9.41. The molecule has 0 amide bonds. The maximum atomic E-state index is 9.73. The van der Waals surface area contributed by atoms with E-state index >= 15 is 0 Å². The van der Waals surface area contributed by atoms with E-state index in [1.807, 2.05) is 24.3 Å². The van der Waals surface area contributed by atoms with Gasteiger partial charge in [-0.05, 0) is 42.7 Å². The topological polar surface area (TPSA) is 45.0 Å². The summed E-state index contributed by atoms with van der Waals surface area (Å²) in [6.45, 7) is 6.75. The highest BCUT2D eigenvalue weighted by Crippen LogP contribution is 2.45. The fraction of sp³-hybridized carbons (Fsp3) is 0.588. The lowest BCUT2D eigenvalue weighted by atomic mass is 9.64. The van der Waals surface area contributed by atoms with Gasteiger partial charge in [-0.25, -0.2) is 0 Å². The summed E-state index contributed by atoms with van der Waals surface area (Å²) in [7, 11) is 1.66. The van der Waals surface area contributed by atoms with Gasteiger partial charge in [0.05, 0.1) is 13.2 Å². The first kappa shape index (κ1) is 14.7. The molecule has 3 nitrogen and oxygen atoms in total. The molecule has 1 fully saturated rings. The summed E-state index contributed by atoms with van der Waals surface area (Å²) < 4.78 is 5.25. The third kappa shape index (κ3) is 2.90. The average molecular weight is 272 g/mol. The van der Waals surface area contributed by atoms with Crippen LogP contribution in [0.2, 0.25) is 0 Å². The second kappa shape index (κ2) is 5.36. The highest BCUT2D eigenvalue weighted by Gasteiger charge is 2.44. The summed E-state index contributed by atoms with van der Waals surface area (Å²) in [5.74, 6) is 1.13. The van der Waals surface area contributed by atoms with E-state index < -0.39 is 5.54 Å². The predicted octanol–water partition coefficient (Wildman–Crippen LogP) is 4.22. The first-order valence-corrected chi connectivity index (χ1v) is 7.24. The van der Waals surface area contributed by atoms with Crippen molar-refractivity contribution < 1.29 is 4.74 Å². The predicted molar refractivity (Wildman–Crippen MR) is 81.8 cm³/mol. The van der Waals surface area contributed by atoms with E-state index in [4.69, 9.17) is 4.74 Å². The Morgan fingerprint density at radius 1 is 1.35 bits per heavy atom. The van der Waals surface area contributed by atoms with Crippen molar-refractivity contribution in [1.82, 2.24) is 0 Å². The zero-order valence-corrected chi connectivity index (χ0v) is 12.9. The van der Waals surface area contributed by atoms with Crippen LogP contribution in [0, 0.1) is 22.7 Å². The first-order valence-electron chi connectivity index (χ1n) is 7.24. The van der Waals surface area contributed by atoms with Crippen LogP contribution in [0.15, 0.2) is 24.3 Å². The molecule has 1 saturated carbocycles. The highest BCUT2D eigenvalue weighted by molar-refractivity contribution is 5.52. The number of nitrogens with one attached hydrogen (secondary N) is 1. The zero-order chi connectivity index (χ0) is 14.8. The van der Waals surface area contributed by atoms with Gasteiger partial charge in [-0.1, -0.05) is 26.8 Å². The number of anilines is 1. The number of hydrogen-bond donors (Lipinski definition) is 1. The van der Waals surface area contributed by atoms with Gasteiger partial charge in [-0.3, -0.25) is 0 Å². The lowest BCUT2D eigenvalue weighted by Gasteiger charge is -2.45. The van der Waals surface area contributed by atoms with Crippen LogP contribution in [0.4, 0.5) is 5.69 Å². The Balaban J connectivity index is 2.22. The summed E-state index contributed by atoms with van der Waals surface area (Å²) >= 11 is 0. The van der Waals surface area contributed by atoms with E-state index in [9.17, 15) is 5.26 Å². The monoisotopic (exact) mass is 272 g/mol. The standard InChI is InChI=1S/C17H24N2O/c1-13-11-16(2,3)8-9-17(13,12-18)19-14-6-5-7-15(10-14)20-4/h5-7,10,13,19H,8-9,11H2,1-4H3. The van der Waals surface area contributed by atoms with Gasteiger partial charge in [0.2, 0.25) is 0 Å². The van der Waals surface area contributed by atoms with Crippen LogP contribution in [-0.2, 0) is 0 Å². The number of benzene rings is 1. The summed E-state index contributed by atoms with van der Waals surface area (Å²) in [4.78, 5) is 0. The van der Waals surface area contributed by atoms with Gasteiger partial charge in [0.15, 0.2) is 0 Å². The van der Waals surface area contributed by atoms with Crippen molar-refractivity contribution in [1.29, 1.82) is 5.26 Å². The number of methoxy groups -OCH3 is 1. The fourth-order valence-electron chi connectivity index (χ4n) is 3.23. The Morgan fingerprint density at radius 3 is 2.70 bits per heavy atom. The molecule has 0 spiro atoms. The van der Waals surface area contributed by atoms with Gasteiger partial charge >= 0.3 is 0 Å². The van der Waals surface area contributed by atoms with E-state index in [1.165, 1.54) is 0 Å². The molecule has 1 aliphatic carbocycles. The molecule has 2 rings (SSSR count). The van der Waals surface area contributed by atoms with Crippen molar-refractivity contribution in [3.05, 3.63) is 24.3 Å². The quantitative estimate of drug-likeness (QED) is 0.896. The summed E-state index contributed by atoms with van der Waals surface area (Å²) in [6.07, 6.45) is 3.02. The molecule has 1 aliphatic rings. The van der Waals surface area contributed by atoms with Gasteiger partial charge in [0.1, 0.15) is 11.3 Å². The number of hydrogen-bond acceptors (Lipinski definition) is 3. The summed E-state index contributed by atoms with van der Waals surface area (Å²) in [5, 5.41) is 13.2. The lowest BCUT2D eigenvalue weighted by molar-refractivity contribution is 0.146. The number of nitrogens with zero attached hydrogens (tertiary/aromatic N) is 1. The van der Waals surface area contributed by atoms with Gasteiger partial charge in [-0.2, -0.15) is 5.26 Å². The second-order valence-electron chi connectivity index (χ2n) is 6.71. The van der Waals surface area contributed by atoms with E-state index in [2.05, 4.69) is 32.2 Å². The molecular weight excluding hydrogens is 248 g/mol. The van der Waals surface area contributed by atoms with Crippen LogP contribution < -0.4 is 10.1 Å². The van der Waals surface area contributed by atoms with Crippen molar-refractivity contribution >= 4 is 5.69 Å². The van der Waals surface area contributed by atoms with Gasteiger partial charge in [0.25, 0.3) is 0 Å². The molecule has 0 radical (unpaired) electrons. The van der Waals surface area contributed by atoms with Gasteiger partial charge < -0.3 is 10.1 Å². The van der Waals surface area contributed by atoms with E-state index in [1.54, 1.807) is 7.11 Å². The largest absolute Gasteiger partial charge is 0.497 e. The third-order valence-corrected chi connectivity index (χ3v) is 4.53. The average Bonchev–Trinajstić information content (AvgIpc) is 2.42.